The van der Waals surface area contributed by atoms with Crippen LogP contribution >= 0.6 is 11.6 Å². The molecule has 0 radical (unpaired) electrons. The topological polar surface area (TPSA) is 131 Å². The standard InChI is InChI=1S/C19H20ClN5O5S/c20-14-1-2-16(22-11-14)30-15-5-9-25(10-6-15)31(28,29)12-19(13-3-7-21-8-4-13)17(26)23-18(27)24-19/h1-4,7-8,11,15H,5-6,9-10,12H2,(H2,23,24,26,27). The summed E-state index contributed by atoms with van der Waals surface area (Å²) in [4.78, 5) is 32.4. The number of hydrogen-bond donors (Lipinski definition) is 2. The van der Waals surface area contributed by atoms with Crippen molar-refractivity contribution in [1.82, 2.24) is 24.9 Å². The van der Waals surface area contributed by atoms with Crippen molar-refractivity contribution in [2.24, 2.45) is 0 Å². The first-order valence-corrected chi connectivity index (χ1v) is 11.6. The van der Waals surface area contributed by atoms with Gasteiger partial charge in [-0.1, -0.05) is 11.6 Å². The predicted octanol–water partition coefficient (Wildman–Crippen LogP) is 1.04. The number of hydrogen-bond acceptors (Lipinski definition) is 7. The number of nitrogens with one attached hydrogen (secondary N) is 2. The zero-order valence-electron chi connectivity index (χ0n) is 16.3. The number of urea groups is 1. The lowest BCUT2D eigenvalue weighted by molar-refractivity contribution is -0.123. The first kappa shape index (κ1) is 21.5. The number of halogens is 1. The highest BCUT2D eigenvalue weighted by Crippen LogP contribution is 2.29. The Labute approximate surface area is 184 Å². The van der Waals surface area contributed by atoms with E-state index in [1.54, 1.807) is 12.1 Å². The van der Waals surface area contributed by atoms with Crippen LogP contribution in [-0.2, 0) is 20.4 Å². The summed E-state index contributed by atoms with van der Waals surface area (Å²) in [5.41, 5.74) is -1.36. The molecule has 2 aliphatic rings. The van der Waals surface area contributed by atoms with Crippen molar-refractivity contribution in [2.75, 3.05) is 18.8 Å². The van der Waals surface area contributed by atoms with Crippen LogP contribution in [0.4, 0.5) is 4.79 Å². The van der Waals surface area contributed by atoms with E-state index in [-0.39, 0.29) is 19.2 Å². The fraction of sp³-hybridized carbons (Fsp3) is 0.368. The van der Waals surface area contributed by atoms with Gasteiger partial charge in [0.25, 0.3) is 5.91 Å². The fourth-order valence-electron chi connectivity index (χ4n) is 3.71. The lowest BCUT2D eigenvalue weighted by Crippen LogP contribution is -2.53. The Bertz CT molecular complexity index is 1070. The maximum absolute atomic E-state index is 13.2. The summed E-state index contributed by atoms with van der Waals surface area (Å²) in [5.74, 6) is -0.877. The third kappa shape index (κ3) is 4.48. The zero-order chi connectivity index (χ0) is 22.1. The van der Waals surface area contributed by atoms with E-state index in [2.05, 4.69) is 20.6 Å². The van der Waals surface area contributed by atoms with Crippen LogP contribution in [0.15, 0.2) is 42.9 Å². The Balaban J connectivity index is 1.46. The molecule has 2 fully saturated rings. The smallest absolute Gasteiger partial charge is 0.322 e. The van der Waals surface area contributed by atoms with E-state index in [0.29, 0.717) is 29.3 Å². The van der Waals surface area contributed by atoms with Crippen molar-refractivity contribution in [3.63, 3.8) is 0 Å². The zero-order valence-corrected chi connectivity index (χ0v) is 17.9. The average molecular weight is 466 g/mol. The van der Waals surface area contributed by atoms with E-state index in [0.717, 1.165) is 0 Å². The van der Waals surface area contributed by atoms with Gasteiger partial charge in [-0.05, 0) is 36.6 Å². The summed E-state index contributed by atoms with van der Waals surface area (Å²) in [6.45, 7) is 0.450. The molecular formula is C19H20ClN5O5S. The number of imide groups is 1. The van der Waals surface area contributed by atoms with E-state index in [4.69, 9.17) is 16.3 Å². The summed E-state index contributed by atoms with van der Waals surface area (Å²) in [7, 11) is -3.88. The molecule has 3 amide bonds. The van der Waals surface area contributed by atoms with Crippen molar-refractivity contribution < 1.29 is 22.7 Å². The van der Waals surface area contributed by atoms with Gasteiger partial charge in [-0.3, -0.25) is 15.1 Å². The number of amides is 3. The molecule has 0 spiro atoms. The summed E-state index contributed by atoms with van der Waals surface area (Å²) < 4.78 is 33.5. The minimum absolute atomic E-state index is 0.191. The highest BCUT2D eigenvalue weighted by Gasteiger charge is 2.51. The molecule has 0 aliphatic carbocycles. The Kier molecular flexibility index (Phi) is 5.82. The highest BCUT2D eigenvalue weighted by atomic mass is 35.5. The highest BCUT2D eigenvalue weighted by molar-refractivity contribution is 7.89. The van der Waals surface area contributed by atoms with E-state index in [9.17, 15) is 18.0 Å². The Hall–Kier alpha value is -2.76. The van der Waals surface area contributed by atoms with Crippen molar-refractivity contribution in [3.8, 4) is 5.88 Å². The monoisotopic (exact) mass is 465 g/mol. The molecule has 31 heavy (non-hydrogen) atoms. The molecule has 1 unspecified atom stereocenters. The van der Waals surface area contributed by atoms with Gasteiger partial charge in [0.2, 0.25) is 15.9 Å². The molecule has 2 aromatic heterocycles. The average Bonchev–Trinajstić information content (AvgIpc) is 3.04. The predicted molar refractivity (Wildman–Crippen MR) is 111 cm³/mol. The van der Waals surface area contributed by atoms with E-state index in [1.807, 2.05) is 0 Å². The number of rotatable bonds is 6. The van der Waals surface area contributed by atoms with Crippen molar-refractivity contribution >= 4 is 33.6 Å². The normalized spacial score (nSPS) is 22.7. The maximum atomic E-state index is 13.2. The van der Waals surface area contributed by atoms with Gasteiger partial charge in [-0.15, -0.1) is 0 Å². The number of nitrogens with zero attached hydrogens (tertiary/aromatic N) is 3. The lowest BCUT2D eigenvalue weighted by Gasteiger charge is -2.34. The SMILES string of the molecule is O=C1NC(=O)C(CS(=O)(=O)N2CCC(Oc3ccc(Cl)cn3)CC2)(c2ccncc2)N1. The van der Waals surface area contributed by atoms with E-state index >= 15 is 0 Å². The minimum Gasteiger partial charge on any atom is -0.474 e. The Morgan fingerprint density at radius 2 is 1.87 bits per heavy atom. The summed E-state index contributed by atoms with van der Waals surface area (Å²) in [5, 5.41) is 5.14. The lowest BCUT2D eigenvalue weighted by atomic mass is 9.93. The van der Waals surface area contributed by atoms with Crippen LogP contribution in [0.5, 0.6) is 5.88 Å². The number of ether oxygens (including phenoxy) is 1. The van der Waals surface area contributed by atoms with Crippen LogP contribution in [0.1, 0.15) is 18.4 Å². The number of sulfonamides is 1. The van der Waals surface area contributed by atoms with Crippen LogP contribution in [-0.4, -0.2) is 59.6 Å². The second-order valence-electron chi connectivity index (χ2n) is 7.34. The minimum atomic E-state index is -3.88. The maximum Gasteiger partial charge on any atom is 0.322 e. The van der Waals surface area contributed by atoms with Gasteiger partial charge in [0.1, 0.15) is 11.9 Å². The van der Waals surface area contributed by atoms with Gasteiger partial charge in [-0.25, -0.2) is 22.5 Å². The number of carbonyl (C=O) groups is 2. The molecular weight excluding hydrogens is 446 g/mol. The van der Waals surface area contributed by atoms with Crippen LogP contribution in [0.3, 0.4) is 0 Å². The number of aromatic nitrogens is 2. The van der Waals surface area contributed by atoms with Gasteiger partial charge < -0.3 is 10.1 Å². The molecule has 2 N–H and O–H groups in total. The summed E-state index contributed by atoms with van der Waals surface area (Å²) >= 11 is 5.82. The molecule has 2 aromatic rings. The molecule has 1 atom stereocenters. The quantitative estimate of drug-likeness (QED) is 0.609. The molecule has 4 heterocycles. The molecule has 0 bridgehead atoms. The van der Waals surface area contributed by atoms with Crippen LogP contribution in [0, 0.1) is 0 Å². The van der Waals surface area contributed by atoms with Crippen LogP contribution in [0.2, 0.25) is 5.02 Å². The first-order valence-electron chi connectivity index (χ1n) is 9.59. The third-order valence-corrected chi connectivity index (χ3v) is 7.47. The number of piperidine rings is 1. The molecule has 0 saturated carbocycles. The fourth-order valence-corrected chi connectivity index (χ4v) is 5.69. The summed E-state index contributed by atoms with van der Waals surface area (Å²) in [6, 6.07) is 5.62. The van der Waals surface area contributed by atoms with Crippen molar-refractivity contribution in [3.05, 3.63) is 53.4 Å². The third-order valence-electron chi connectivity index (χ3n) is 5.30. The Morgan fingerprint density at radius 1 is 1.16 bits per heavy atom. The largest absolute Gasteiger partial charge is 0.474 e. The molecule has 2 saturated heterocycles. The van der Waals surface area contributed by atoms with Gasteiger partial charge in [0.05, 0.1) is 5.02 Å². The molecule has 4 rings (SSSR count). The van der Waals surface area contributed by atoms with Gasteiger partial charge in [-0.2, -0.15) is 0 Å². The van der Waals surface area contributed by atoms with Crippen molar-refractivity contribution in [1.29, 1.82) is 0 Å². The second kappa shape index (κ2) is 8.40. The first-order chi connectivity index (χ1) is 14.8. The van der Waals surface area contributed by atoms with Crippen LogP contribution < -0.4 is 15.4 Å². The number of pyridine rings is 2. The summed E-state index contributed by atoms with van der Waals surface area (Å²) in [6.07, 6.45) is 5.10. The van der Waals surface area contributed by atoms with Gasteiger partial charge in [0, 0.05) is 37.7 Å². The molecule has 2 aliphatic heterocycles. The molecule has 0 aromatic carbocycles. The van der Waals surface area contributed by atoms with Crippen LogP contribution in [0.25, 0.3) is 0 Å². The molecule has 164 valence electrons. The van der Waals surface area contributed by atoms with Gasteiger partial charge in [0.15, 0.2) is 5.54 Å². The molecule has 12 heteroatoms. The molecule has 10 nitrogen and oxygen atoms in total. The van der Waals surface area contributed by atoms with Crippen molar-refractivity contribution in [2.45, 2.75) is 24.5 Å². The number of carbonyl (C=O) groups excluding carboxylic acids is 2. The second-order valence-corrected chi connectivity index (χ2v) is 9.74. The van der Waals surface area contributed by atoms with Gasteiger partial charge >= 0.3 is 6.03 Å². The van der Waals surface area contributed by atoms with E-state index in [1.165, 1.54) is 35.0 Å². The Morgan fingerprint density at radius 3 is 2.45 bits per heavy atom. The van der Waals surface area contributed by atoms with E-state index < -0.39 is 33.3 Å².